The number of halogens is 2. The molecule has 1 aromatic carbocycles. The molecule has 0 saturated heterocycles. The van der Waals surface area contributed by atoms with E-state index in [4.69, 9.17) is 11.6 Å². The minimum absolute atomic E-state index is 0.166. The molecule has 0 unspecified atom stereocenters. The van der Waals surface area contributed by atoms with Crippen LogP contribution < -0.4 is 5.32 Å². The maximum absolute atomic E-state index is 13.8. The lowest BCUT2D eigenvalue weighted by Crippen LogP contribution is -2.41. The Morgan fingerprint density at radius 3 is 2.71 bits per heavy atom. The lowest BCUT2D eigenvalue weighted by atomic mass is 9.65. The SMILES string of the molecule is CCNCC1(Cc2ccc(Cl)cc2F)CCC1. The van der Waals surface area contributed by atoms with Gasteiger partial charge < -0.3 is 5.32 Å². The van der Waals surface area contributed by atoms with Gasteiger partial charge in [0.2, 0.25) is 0 Å². The number of nitrogens with one attached hydrogen (secondary N) is 1. The van der Waals surface area contributed by atoms with Gasteiger partial charge in [-0.15, -0.1) is 0 Å². The minimum atomic E-state index is -0.166. The third-order valence-electron chi connectivity index (χ3n) is 3.74. The van der Waals surface area contributed by atoms with Crippen molar-refractivity contribution in [2.75, 3.05) is 13.1 Å². The molecule has 17 heavy (non-hydrogen) atoms. The molecular weight excluding hydrogens is 237 g/mol. The molecule has 1 aliphatic rings. The summed E-state index contributed by atoms with van der Waals surface area (Å²) in [4.78, 5) is 0. The van der Waals surface area contributed by atoms with E-state index in [0.29, 0.717) is 5.02 Å². The molecule has 1 saturated carbocycles. The zero-order chi connectivity index (χ0) is 12.3. The van der Waals surface area contributed by atoms with E-state index < -0.39 is 0 Å². The molecule has 0 heterocycles. The molecule has 2 rings (SSSR count). The van der Waals surface area contributed by atoms with Crippen molar-refractivity contribution in [2.24, 2.45) is 5.41 Å². The summed E-state index contributed by atoms with van der Waals surface area (Å²) in [5.74, 6) is -0.166. The molecule has 0 aliphatic heterocycles. The predicted octanol–water partition coefficient (Wildman–Crippen LogP) is 3.80. The summed E-state index contributed by atoms with van der Waals surface area (Å²) < 4.78 is 13.8. The second-order valence-electron chi connectivity index (χ2n) is 5.05. The molecule has 0 spiro atoms. The van der Waals surface area contributed by atoms with E-state index in [9.17, 15) is 4.39 Å². The highest BCUT2D eigenvalue weighted by atomic mass is 35.5. The average molecular weight is 256 g/mol. The van der Waals surface area contributed by atoms with Crippen molar-refractivity contribution in [1.29, 1.82) is 0 Å². The van der Waals surface area contributed by atoms with E-state index in [-0.39, 0.29) is 11.2 Å². The van der Waals surface area contributed by atoms with Crippen LogP contribution in [0, 0.1) is 11.2 Å². The van der Waals surface area contributed by atoms with Crippen LogP contribution in [-0.4, -0.2) is 13.1 Å². The molecule has 0 bridgehead atoms. The van der Waals surface area contributed by atoms with E-state index in [2.05, 4.69) is 12.2 Å². The smallest absolute Gasteiger partial charge is 0.127 e. The molecule has 1 aliphatic carbocycles. The number of rotatable bonds is 5. The molecule has 1 nitrogen and oxygen atoms in total. The molecule has 3 heteroatoms. The van der Waals surface area contributed by atoms with E-state index in [1.54, 1.807) is 6.07 Å². The first kappa shape index (κ1) is 12.8. The Hall–Kier alpha value is -0.600. The summed E-state index contributed by atoms with van der Waals surface area (Å²) in [6, 6.07) is 5.01. The van der Waals surface area contributed by atoms with E-state index in [0.717, 1.165) is 25.1 Å². The van der Waals surface area contributed by atoms with Crippen LogP contribution in [-0.2, 0) is 6.42 Å². The second-order valence-corrected chi connectivity index (χ2v) is 5.48. The Morgan fingerprint density at radius 1 is 1.41 bits per heavy atom. The zero-order valence-electron chi connectivity index (χ0n) is 10.2. The fourth-order valence-electron chi connectivity index (χ4n) is 2.55. The van der Waals surface area contributed by atoms with Crippen LogP contribution in [0.2, 0.25) is 5.02 Å². The van der Waals surface area contributed by atoms with Crippen LogP contribution in [0.15, 0.2) is 18.2 Å². The van der Waals surface area contributed by atoms with Gasteiger partial charge in [0.05, 0.1) is 0 Å². The van der Waals surface area contributed by atoms with Gasteiger partial charge in [-0.2, -0.15) is 0 Å². The van der Waals surface area contributed by atoms with Gasteiger partial charge in [0, 0.05) is 11.6 Å². The van der Waals surface area contributed by atoms with Gasteiger partial charge >= 0.3 is 0 Å². The Labute approximate surface area is 107 Å². The van der Waals surface area contributed by atoms with Gasteiger partial charge in [0.15, 0.2) is 0 Å². The first-order valence-electron chi connectivity index (χ1n) is 6.30. The van der Waals surface area contributed by atoms with Crippen molar-refractivity contribution in [2.45, 2.75) is 32.6 Å². The van der Waals surface area contributed by atoms with Crippen LogP contribution >= 0.6 is 11.6 Å². The molecule has 0 radical (unpaired) electrons. The fraction of sp³-hybridized carbons (Fsp3) is 0.571. The van der Waals surface area contributed by atoms with Gasteiger partial charge in [-0.1, -0.05) is 31.0 Å². The van der Waals surface area contributed by atoms with Gasteiger partial charge in [0.25, 0.3) is 0 Å². The third-order valence-corrected chi connectivity index (χ3v) is 3.98. The predicted molar refractivity (Wildman–Crippen MR) is 69.9 cm³/mol. The zero-order valence-corrected chi connectivity index (χ0v) is 11.0. The Morgan fingerprint density at radius 2 is 2.18 bits per heavy atom. The molecule has 1 aromatic rings. The maximum atomic E-state index is 13.8. The van der Waals surface area contributed by atoms with E-state index in [1.807, 2.05) is 6.07 Å². The first-order valence-corrected chi connectivity index (χ1v) is 6.68. The molecular formula is C14H19ClFN. The Bertz CT molecular complexity index is 388. The lowest BCUT2D eigenvalue weighted by Gasteiger charge is -2.42. The van der Waals surface area contributed by atoms with Gasteiger partial charge in [-0.25, -0.2) is 4.39 Å². The van der Waals surface area contributed by atoms with Crippen molar-refractivity contribution in [3.05, 3.63) is 34.6 Å². The van der Waals surface area contributed by atoms with Crippen molar-refractivity contribution >= 4 is 11.6 Å². The van der Waals surface area contributed by atoms with Crippen LogP contribution in [0.25, 0.3) is 0 Å². The maximum Gasteiger partial charge on any atom is 0.127 e. The van der Waals surface area contributed by atoms with Gasteiger partial charge in [-0.3, -0.25) is 0 Å². The molecule has 0 aromatic heterocycles. The van der Waals surface area contributed by atoms with E-state index in [1.165, 1.54) is 25.3 Å². The first-order chi connectivity index (χ1) is 8.15. The molecule has 1 N–H and O–H groups in total. The van der Waals surface area contributed by atoms with Gasteiger partial charge in [-0.05, 0) is 48.9 Å². The van der Waals surface area contributed by atoms with E-state index >= 15 is 0 Å². The van der Waals surface area contributed by atoms with Crippen LogP contribution in [0.4, 0.5) is 4.39 Å². The van der Waals surface area contributed by atoms with Crippen LogP contribution in [0.5, 0.6) is 0 Å². The Balaban J connectivity index is 2.07. The quantitative estimate of drug-likeness (QED) is 0.844. The normalized spacial score (nSPS) is 17.8. The number of benzene rings is 1. The summed E-state index contributed by atoms with van der Waals surface area (Å²) in [7, 11) is 0. The van der Waals surface area contributed by atoms with Crippen molar-refractivity contribution in [1.82, 2.24) is 5.32 Å². The summed E-state index contributed by atoms with van der Waals surface area (Å²) in [6.07, 6.45) is 4.48. The molecule has 0 amide bonds. The lowest BCUT2D eigenvalue weighted by molar-refractivity contribution is 0.129. The van der Waals surface area contributed by atoms with Crippen molar-refractivity contribution in [3.63, 3.8) is 0 Å². The molecule has 0 atom stereocenters. The second kappa shape index (κ2) is 5.36. The summed E-state index contributed by atoms with van der Waals surface area (Å²) in [5.41, 5.74) is 1.07. The van der Waals surface area contributed by atoms with Crippen molar-refractivity contribution in [3.8, 4) is 0 Å². The highest BCUT2D eigenvalue weighted by Crippen LogP contribution is 2.43. The molecule has 1 fully saturated rings. The van der Waals surface area contributed by atoms with Crippen LogP contribution in [0.1, 0.15) is 31.7 Å². The molecule has 94 valence electrons. The monoisotopic (exact) mass is 255 g/mol. The number of hydrogen-bond donors (Lipinski definition) is 1. The van der Waals surface area contributed by atoms with Crippen molar-refractivity contribution < 1.29 is 4.39 Å². The summed E-state index contributed by atoms with van der Waals surface area (Å²) in [6.45, 7) is 4.08. The van der Waals surface area contributed by atoms with Crippen LogP contribution in [0.3, 0.4) is 0 Å². The Kier molecular flexibility index (Phi) is 4.05. The topological polar surface area (TPSA) is 12.0 Å². The largest absolute Gasteiger partial charge is 0.316 e. The minimum Gasteiger partial charge on any atom is -0.316 e. The summed E-state index contributed by atoms with van der Waals surface area (Å²) >= 11 is 5.77. The standard InChI is InChI=1S/C14H19ClFN/c1-2-17-10-14(6-3-7-14)9-11-4-5-12(15)8-13(11)16/h4-5,8,17H,2-3,6-7,9-10H2,1H3. The average Bonchev–Trinajstić information content (AvgIpc) is 2.25. The summed E-state index contributed by atoms with van der Waals surface area (Å²) in [5, 5.41) is 3.87. The van der Waals surface area contributed by atoms with Gasteiger partial charge in [0.1, 0.15) is 5.82 Å². The highest BCUT2D eigenvalue weighted by Gasteiger charge is 2.36. The number of hydrogen-bond acceptors (Lipinski definition) is 1. The fourth-order valence-corrected chi connectivity index (χ4v) is 2.71. The highest BCUT2D eigenvalue weighted by molar-refractivity contribution is 6.30. The third kappa shape index (κ3) is 2.99.